The van der Waals surface area contributed by atoms with Gasteiger partial charge in [0, 0.05) is 6.54 Å². The molecular formula is C16H23FN2O. The van der Waals surface area contributed by atoms with Crippen molar-refractivity contribution in [2.24, 2.45) is 0 Å². The van der Waals surface area contributed by atoms with Gasteiger partial charge in [-0.2, -0.15) is 0 Å². The molecule has 0 aliphatic carbocycles. The van der Waals surface area contributed by atoms with Gasteiger partial charge >= 0.3 is 0 Å². The maximum absolute atomic E-state index is 12.4. The van der Waals surface area contributed by atoms with Crippen LogP contribution in [0.5, 0.6) is 5.75 Å². The fourth-order valence-electron chi connectivity index (χ4n) is 3.10. The number of benzene rings is 1. The summed E-state index contributed by atoms with van der Waals surface area (Å²) in [7, 11) is 0. The van der Waals surface area contributed by atoms with Crippen LogP contribution in [0.2, 0.25) is 0 Å². The Bertz CT molecular complexity index is 464. The minimum Gasteiger partial charge on any atom is -0.490 e. The minimum absolute atomic E-state index is 0.248. The zero-order valence-corrected chi connectivity index (χ0v) is 12.0. The van der Waals surface area contributed by atoms with Gasteiger partial charge in [-0.25, -0.2) is 0 Å². The fourth-order valence-corrected chi connectivity index (χ4v) is 3.10. The molecule has 0 saturated carbocycles. The zero-order chi connectivity index (χ0) is 13.8. The van der Waals surface area contributed by atoms with E-state index in [2.05, 4.69) is 22.3 Å². The summed E-state index contributed by atoms with van der Waals surface area (Å²) < 4.78 is 18.3. The van der Waals surface area contributed by atoms with E-state index in [1.807, 2.05) is 0 Å². The first-order valence-electron chi connectivity index (χ1n) is 7.69. The number of nitrogens with one attached hydrogen (secondary N) is 1. The van der Waals surface area contributed by atoms with E-state index >= 15 is 0 Å². The summed E-state index contributed by atoms with van der Waals surface area (Å²) in [5.74, 6) is 0.988. The third-order valence-corrected chi connectivity index (χ3v) is 4.17. The molecule has 2 heterocycles. The summed E-state index contributed by atoms with van der Waals surface area (Å²) in [5, 5.41) is 3.46. The molecule has 1 aromatic carbocycles. The van der Waals surface area contributed by atoms with Gasteiger partial charge in [-0.15, -0.1) is 0 Å². The predicted molar refractivity (Wildman–Crippen MR) is 79.6 cm³/mol. The van der Waals surface area contributed by atoms with Gasteiger partial charge < -0.3 is 15.0 Å². The summed E-state index contributed by atoms with van der Waals surface area (Å²) in [6.45, 7) is 4.24. The van der Waals surface area contributed by atoms with E-state index in [9.17, 15) is 4.39 Å². The molecule has 2 aliphatic rings. The maximum atomic E-state index is 12.4. The molecular weight excluding hydrogens is 255 g/mol. The van der Waals surface area contributed by atoms with E-state index in [0.717, 1.165) is 50.5 Å². The lowest BCUT2D eigenvalue weighted by Crippen LogP contribution is -2.34. The van der Waals surface area contributed by atoms with Crippen molar-refractivity contribution in [2.75, 3.05) is 44.4 Å². The van der Waals surface area contributed by atoms with E-state index in [1.165, 1.54) is 17.5 Å². The average molecular weight is 278 g/mol. The maximum Gasteiger partial charge on any atom is 0.142 e. The van der Waals surface area contributed by atoms with E-state index in [0.29, 0.717) is 13.0 Å². The lowest BCUT2D eigenvalue weighted by molar-refractivity contribution is 0.305. The van der Waals surface area contributed by atoms with Gasteiger partial charge in [-0.1, -0.05) is 0 Å². The second-order valence-corrected chi connectivity index (χ2v) is 5.57. The molecule has 3 rings (SSSR count). The van der Waals surface area contributed by atoms with Gasteiger partial charge in [0.05, 0.1) is 18.9 Å². The van der Waals surface area contributed by atoms with E-state index in [-0.39, 0.29) is 6.67 Å². The first-order chi connectivity index (χ1) is 9.88. The third-order valence-electron chi connectivity index (χ3n) is 4.17. The fraction of sp³-hybridized carbons (Fsp3) is 0.625. The smallest absolute Gasteiger partial charge is 0.142 e. The van der Waals surface area contributed by atoms with Crippen molar-refractivity contribution in [3.63, 3.8) is 0 Å². The second kappa shape index (κ2) is 6.44. The van der Waals surface area contributed by atoms with E-state index in [1.54, 1.807) is 0 Å². The standard InChI is InChI=1S/C16H23FN2O/c17-5-2-8-19-9-10-20-16-12-13-3-1-6-18-7-4-14(13)11-15(16)19/h11-12,18H,1-10H2. The highest BCUT2D eigenvalue weighted by Crippen LogP contribution is 2.35. The highest BCUT2D eigenvalue weighted by atomic mass is 19.1. The summed E-state index contributed by atoms with van der Waals surface area (Å²) in [4.78, 5) is 2.27. The number of alkyl halides is 1. The van der Waals surface area contributed by atoms with Crippen LogP contribution in [0.25, 0.3) is 0 Å². The molecule has 0 saturated heterocycles. The Morgan fingerprint density at radius 2 is 2.10 bits per heavy atom. The Labute approximate surface area is 120 Å². The minimum atomic E-state index is -0.248. The van der Waals surface area contributed by atoms with Gasteiger partial charge in [-0.3, -0.25) is 4.39 Å². The van der Waals surface area contributed by atoms with E-state index in [4.69, 9.17) is 4.74 Å². The first kappa shape index (κ1) is 13.7. The van der Waals surface area contributed by atoms with Crippen molar-refractivity contribution in [1.29, 1.82) is 0 Å². The molecule has 1 aromatic rings. The number of rotatable bonds is 3. The molecule has 0 atom stereocenters. The Hall–Kier alpha value is -1.29. The highest BCUT2D eigenvalue weighted by molar-refractivity contribution is 5.63. The molecule has 0 amide bonds. The normalized spacial score (nSPS) is 18.6. The molecule has 0 bridgehead atoms. The van der Waals surface area contributed by atoms with Gasteiger partial charge in [0.25, 0.3) is 0 Å². The quantitative estimate of drug-likeness (QED) is 0.918. The van der Waals surface area contributed by atoms with Gasteiger partial charge in [-0.05, 0) is 62.0 Å². The number of anilines is 1. The highest BCUT2D eigenvalue weighted by Gasteiger charge is 2.20. The van der Waals surface area contributed by atoms with Crippen LogP contribution in [0.3, 0.4) is 0 Å². The lowest BCUT2D eigenvalue weighted by Gasteiger charge is -2.32. The number of halogens is 1. The summed E-state index contributed by atoms with van der Waals surface area (Å²) in [6.07, 6.45) is 3.96. The molecule has 0 radical (unpaired) electrons. The van der Waals surface area contributed by atoms with Crippen LogP contribution in [0.1, 0.15) is 24.0 Å². The third kappa shape index (κ3) is 2.90. The zero-order valence-electron chi connectivity index (χ0n) is 12.0. The Kier molecular flexibility index (Phi) is 4.41. The molecule has 0 unspecified atom stereocenters. The van der Waals surface area contributed by atoms with Crippen LogP contribution < -0.4 is 15.0 Å². The molecule has 3 nitrogen and oxygen atoms in total. The van der Waals surface area contributed by atoms with Crippen LogP contribution in [0.15, 0.2) is 12.1 Å². The SMILES string of the molecule is FCCCN1CCOc2cc3c(cc21)CCNCCC3. The summed E-state index contributed by atoms with van der Waals surface area (Å²) in [6, 6.07) is 4.49. The Morgan fingerprint density at radius 3 is 3.00 bits per heavy atom. The van der Waals surface area contributed by atoms with E-state index < -0.39 is 0 Å². The number of aryl methyl sites for hydroxylation is 1. The monoisotopic (exact) mass is 278 g/mol. The average Bonchev–Trinajstić information content (AvgIpc) is 2.45. The van der Waals surface area contributed by atoms with Crippen molar-refractivity contribution in [3.05, 3.63) is 23.3 Å². The van der Waals surface area contributed by atoms with Crippen molar-refractivity contribution in [1.82, 2.24) is 5.32 Å². The molecule has 110 valence electrons. The predicted octanol–water partition coefficient (Wildman–Crippen LogP) is 2.32. The summed E-state index contributed by atoms with van der Waals surface area (Å²) in [5.41, 5.74) is 4.01. The second-order valence-electron chi connectivity index (χ2n) is 5.57. The number of hydrogen-bond donors (Lipinski definition) is 1. The molecule has 0 fully saturated rings. The van der Waals surface area contributed by atoms with Crippen LogP contribution in [0.4, 0.5) is 10.1 Å². The molecule has 1 N–H and O–H groups in total. The van der Waals surface area contributed by atoms with Crippen LogP contribution in [-0.4, -0.2) is 39.5 Å². The lowest BCUT2D eigenvalue weighted by atomic mass is 9.96. The molecule has 0 aromatic heterocycles. The van der Waals surface area contributed by atoms with Crippen molar-refractivity contribution < 1.29 is 9.13 Å². The molecule has 4 heteroatoms. The first-order valence-corrected chi connectivity index (χ1v) is 7.69. The number of hydrogen-bond acceptors (Lipinski definition) is 3. The van der Waals surface area contributed by atoms with Gasteiger partial charge in [0.2, 0.25) is 0 Å². The number of nitrogens with zero attached hydrogens (tertiary/aromatic N) is 1. The molecule has 2 aliphatic heterocycles. The van der Waals surface area contributed by atoms with Crippen molar-refractivity contribution in [3.8, 4) is 5.75 Å². The number of fused-ring (bicyclic) bond motifs is 2. The topological polar surface area (TPSA) is 24.5 Å². The number of ether oxygens (including phenoxy) is 1. The van der Waals surface area contributed by atoms with Crippen LogP contribution in [-0.2, 0) is 12.8 Å². The largest absolute Gasteiger partial charge is 0.490 e. The van der Waals surface area contributed by atoms with Gasteiger partial charge in [0.1, 0.15) is 12.4 Å². The summed E-state index contributed by atoms with van der Waals surface area (Å²) >= 11 is 0. The van der Waals surface area contributed by atoms with Gasteiger partial charge in [0.15, 0.2) is 0 Å². The van der Waals surface area contributed by atoms with Crippen molar-refractivity contribution in [2.45, 2.75) is 25.7 Å². The molecule has 20 heavy (non-hydrogen) atoms. The Balaban J connectivity index is 1.89. The van der Waals surface area contributed by atoms with Crippen LogP contribution in [0, 0.1) is 0 Å². The Morgan fingerprint density at radius 1 is 1.20 bits per heavy atom. The molecule has 0 spiro atoms. The van der Waals surface area contributed by atoms with Crippen molar-refractivity contribution >= 4 is 5.69 Å². The van der Waals surface area contributed by atoms with Crippen LogP contribution >= 0.6 is 0 Å².